The van der Waals surface area contributed by atoms with Crippen molar-refractivity contribution in [2.24, 2.45) is 0 Å². The molecular formula is C17H18N2O2S. The van der Waals surface area contributed by atoms with Gasteiger partial charge in [-0.15, -0.1) is 0 Å². The number of nitrogens with one attached hydrogen (secondary N) is 1. The molecule has 0 aliphatic heterocycles. The first-order valence-corrected chi connectivity index (χ1v) is 8.14. The minimum atomic E-state index is 0.613. The lowest BCUT2D eigenvalue weighted by Crippen LogP contribution is -1.95. The maximum absolute atomic E-state index is 5.70. The normalized spacial score (nSPS) is 10.6. The standard InChI is InChI=1S/C17H18N2O2S/c1-3-20-13-10-11-14(21-4-2)16-15(13)19-17(22-16)18-12-8-6-5-7-9-12/h5-11H,3-4H2,1-2H3,(H,18,19). The van der Waals surface area contributed by atoms with Crippen LogP contribution in [0.3, 0.4) is 0 Å². The van der Waals surface area contributed by atoms with Crippen LogP contribution in [0.5, 0.6) is 11.5 Å². The highest BCUT2D eigenvalue weighted by Crippen LogP contribution is 2.39. The maximum atomic E-state index is 5.70. The number of anilines is 2. The molecule has 0 bridgehead atoms. The van der Waals surface area contributed by atoms with Gasteiger partial charge in [-0.05, 0) is 38.1 Å². The molecule has 3 aromatic rings. The van der Waals surface area contributed by atoms with Crippen LogP contribution in [-0.2, 0) is 0 Å². The van der Waals surface area contributed by atoms with Crippen LogP contribution >= 0.6 is 11.3 Å². The van der Waals surface area contributed by atoms with Gasteiger partial charge >= 0.3 is 0 Å². The average Bonchev–Trinajstić information content (AvgIpc) is 2.95. The van der Waals surface area contributed by atoms with Crippen LogP contribution < -0.4 is 14.8 Å². The van der Waals surface area contributed by atoms with Gasteiger partial charge in [0, 0.05) is 5.69 Å². The molecule has 5 heteroatoms. The molecule has 0 atom stereocenters. The molecule has 1 heterocycles. The molecule has 0 amide bonds. The highest BCUT2D eigenvalue weighted by Gasteiger charge is 2.14. The van der Waals surface area contributed by atoms with Crippen molar-refractivity contribution in [2.45, 2.75) is 13.8 Å². The number of thiazole rings is 1. The molecular weight excluding hydrogens is 296 g/mol. The zero-order chi connectivity index (χ0) is 15.4. The first kappa shape index (κ1) is 14.7. The number of benzene rings is 2. The third kappa shape index (κ3) is 2.99. The summed E-state index contributed by atoms with van der Waals surface area (Å²) in [5.74, 6) is 1.64. The fourth-order valence-corrected chi connectivity index (χ4v) is 3.17. The van der Waals surface area contributed by atoms with E-state index in [0.717, 1.165) is 32.5 Å². The van der Waals surface area contributed by atoms with E-state index < -0.39 is 0 Å². The molecule has 1 N–H and O–H groups in total. The monoisotopic (exact) mass is 314 g/mol. The maximum Gasteiger partial charge on any atom is 0.188 e. The summed E-state index contributed by atoms with van der Waals surface area (Å²) < 4.78 is 12.4. The Labute approximate surface area is 133 Å². The van der Waals surface area contributed by atoms with Crippen molar-refractivity contribution in [3.63, 3.8) is 0 Å². The van der Waals surface area contributed by atoms with E-state index in [9.17, 15) is 0 Å². The van der Waals surface area contributed by atoms with Crippen molar-refractivity contribution in [1.82, 2.24) is 4.98 Å². The molecule has 0 spiro atoms. The highest BCUT2D eigenvalue weighted by molar-refractivity contribution is 7.22. The molecule has 0 aliphatic rings. The van der Waals surface area contributed by atoms with Gasteiger partial charge in [0.1, 0.15) is 21.7 Å². The Morgan fingerprint density at radius 2 is 1.64 bits per heavy atom. The van der Waals surface area contributed by atoms with Gasteiger partial charge in [-0.25, -0.2) is 4.98 Å². The second kappa shape index (κ2) is 6.66. The van der Waals surface area contributed by atoms with Crippen LogP contribution in [0.15, 0.2) is 42.5 Å². The van der Waals surface area contributed by atoms with Crippen molar-refractivity contribution in [2.75, 3.05) is 18.5 Å². The largest absolute Gasteiger partial charge is 0.492 e. The highest BCUT2D eigenvalue weighted by atomic mass is 32.1. The molecule has 0 fully saturated rings. The number of para-hydroxylation sites is 1. The molecule has 0 radical (unpaired) electrons. The minimum absolute atomic E-state index is 0.613. The fourth-order valence-electron chi connectivity index (χ4n) is 2.20. The Bertz CT molecular complexity index is 713. The van der Waals surface area contributed by atoms with Crippen LogP contribution in [-0.4, -0.2) is 18.2 Å². The van der Waals surface area contributed by atoms with Crippen LogP contribution in [0.25, 0.3) is 10.2 Å². The van der Waals surface area contributed by atoms with Crippen LogP contribution in [0.1, 0.15) is 13.8 Å². The summed E-state index contributed by atoms with van der Waals surface area (Å²) in [6.07, 6.45) is 0. The quantitative estimate of drug-likeness (QED) is 0.707. The number of fused-ring (bicyclic) bond motifs is 1. The molecule has 1 aromatic heterocycles. The number of hydrogen-bond acceptors (Lipinski definition) is 5. The molecule has 2 aromatic carbocycles. The molecule has 0 unspecified atom stereocenters. The van der Waals surface area contributed by atoms with Crippen molar-refractivity contribution in [1.29, 1.82) is 0 Å². The number of hydrogen-bond donors (Lipinski definition) is 1. The third-order valence-corrected chi connectivity index (χ3v) is 4.08. The van der Waals surface area contributed by atoms with E-state index in [1.165, 1.54) is 0 Å². The number of nitrogens with zero attached hydrogens (tertiary/aromatic N) is 1. The van der Waals surface area contributed by atoms with Gasteiger partial charge < -0.3 is 14.8 Å². The average molecular weight is 314 g/mol. The van der Waals surface area contributed by atoms with Gasteiger partial charge in [0.15, 0.2) is 5.13 Å². The zero-order valence-corrected chi connectivity index (χ0v) is 13.4. The van der Waals surface area contributed by atoms with Gasteiger partial charge in [0.05, 0.1) is 13.2 Å². The lowest BCUT2D eigenvalue weighted by atomic mass is 10.3. The third-order valence-electron chi connectivity index (χ3n) is 3.10. The van der Waals surface area contributed by atoms with Crippen molar-refractivity contribution in [3.05, 3.63) is 42.5 Å². The summed E-state index contributed by atoms with van der Waals surface area (Å²) in [5.41, 5.74) is 1.86. The Balaban J connectivity index is 2.02. The topological polar surface area (TPSA) is 43.4 Å². The van der Waals surface area contributed by atoms with Crippen LogP contribution in [0.2, 0.25) is 0 Å². The summed E-state index contributed by atoms with van der Waals surface area (Å²) in [6, 6.07) is 13.9. The van der Waals surface area contributed by atoms with E-state index in [1.54, 1.807) is 11.3 Å². The smallest absolute Gasteiger partial charge is 0.188 e. The van der Waals surface area contributed by atoms with Crippen molar-refractivity contribution < 1.29 is 9.47 Å². The summed E-state index contributed by atoms with van der Waals surface area (Å²) in [6.45, 7) is 5.19. The second-order valence-corrected chi connectivity index (χ2v) is 5.61. The molecule has 3 rings (SSSR count). The molecule has 4 nitrogen and oxygen atoms in total. The van der Waals surface area contributed by atoms with Crippen molar-refractivity contribution in [3.8, 4) is 11.5 Å². The first-order chi connectivity index (χ1) is 10.8. The molecule has 114 valence electrons. The van der Waals surface area contributed by atoms with Gasteiger partial charge in [-0.2, -0.15) is 0 Å². The summed E-state index contributed by atoms with van der Waals surface area (Å²) >= 11 is 1.57. The first-order valence-electron chi connectivity index (χ1n) is 7.33. The van der Waals surface area contributed by atoms with Gasteiger partial charge in [0.25, 0.3) is 0 Å². The zero-order valence-electron chi connectivity index (χ0n) is 12.6. The van der Waals surface area contributed by atoms with Gasteiger partial charge in [-0.3, -0.25) is 0 Å². The minimum Gasteiger partial charge on any atom is -0.492 e. The molecule has 0 aliphatic carbocycles. The Hall–Kier alpha value is -2.27. The van der Waals surface area contributed by atoms with E-state index >= 15 is 0 Å². The van der Waals surface area contributed by atoms with E-state index in [-0.39, 0.29) is 0 Å². The Morgan fingerprint density at radius 1 is 0.955 bits per heavy atom. The van der Waals surface area contributed by atoms with Crippen LogP contribution in [0, 0.1) is 0 Å². The van der Waals surface area contributed by atoms with Crippen LogP contribution in [0.4, 0.5) is 10.8 Å². The Kier molecular flexibility index (Phi) is 4.44. The molecule has 22 heavy (non-hydrogen) atoms. The number of ether oxygens (including phenoxy) is 2. The predicted molar refractivity (Wildman–Crippen MR) is 91.7 cm³/mol. The SMILES string of the molecule is CCOc1ccc(OCC)c2sc(Nc3ccccc3)nc12. The lowest BCUT2D eigenvalue weighted by molar-refractivity contribution is 0.336. The molecule has 0 saturated heterocycles. The van der Waals surface area contributed by atoms with E-state index in [0.29, 0.717) is 13.2 Å². The van der Waals surface area contributed by atoms with E-state index in [4.69, 9.17) is 9.47 Å². The number of rotatable bonds is 6. The summed E-state index contributed by atoms with van der Waals surface area (Å²) in [5, 5.41) is 4.16. The van der Waals surface area contributed by atoms with Crippen molar-refractivity contribution >= 4 is 32.4 Å². The van der Waals surface area contributed by atoms with Gasteiger partial charge in [0.2, 0.25) is 0 Å². The molecule has 0 saturated carbocycles. The number of aromatic nitrogens is 1. The predicted octanol–water partition coefficient (Wildman–Crippen LogP) is 4.84. The second-order valence-electron chi connectivity index (χ2n) is 4.62. The Morgan fingerprint density at radius 3 is 2.36 bits per heavy atom. The lowest BCUT2D eigenvalue weighted by Gasteiger charge is -2.07. The fraction of sp³-hybridized carbons (Fsp3) is 0.235. The summed E-state index contributed by atoms with van der Waals surface area (Å²) in [4.78, 5) is 4.67. The van der Waals surface area contributed by atoms with E-state index in [1.807, 2.05) is 56.3 Å². The van der Waals surface area contributed by atoms with Gasteiger partial charge in [-0.1, -0.05) is 29.5 Å². The summed E-state index contributed by atoms with van der Waals surface area (Å²) in [7, 11) is 0. The van der Waals surface area contributed by atoms with E-state index in [2.05, 4.69) is 10.3 Å².